The molecule has 0 spiro atoms. The van der Waals surface area contributed by atoms with Crippen LogP contribution in [0.1, 0.15) is 11.3 Å². The summed E-state index contributed by atoms with van der Waals surface area (Å²) in [4.78, 5) is 0.240. The second-order valence-corrected chi connectivity index (χ2v) is 8.54. The summed E-state index contributed by atoms with van der Waals surface area (Å²) in [5.41, 5.74) is 3.45. The van der Waals surface area contributed by atoms with Crippen LogP contribution < -0.4 is 9.47 Å². The van der Waals surface area contributed by atoms with Crippen molar-refractivity contribution in [3.63, 3.8) is 0 Å². The van der Waals surface area contributed by atoms with Crippen LogP contribution in [0.2, 0.25) is 0 Å². The van der Waals surface area contributed by atoms with Gasteiger partial charge >= 0.3 is 0 Å². The van der Waals surface area contributed by atoms with Crippen LogP contribution in [0.4, 0.5) is 0 Å². The maximum Gasteiger partial charge on any atom is 0.243 e. The highest BCUT2D eigenvalue weighted by molar-refractivity contribution is 7.89. The van der Waals surface area contributed by atoms with Gasteiger partial charge in [0.05, 0.1) is 11.4 Å². The normalized spacial score (nSPS) is 16.8. The standard InChI is InChI=1S/C19H18N2O4S/c1-20-16-5-3-2-4-14(16)15-8-9-21(11-17(15)20)26(22,23)13-6-7-18-19(10-13)25-12-24-18/h2-7,10H,8-9,11-12H2,1H3. The van der Waals surface area contributed by atoms with E-state index in [4.69, 9.17) is 9.47 Å². The molecule has 6 nitrogen and oxygen atoms in total. The third-order valence-electron chi connectivity index (χ3n) is 5.26. The number of benzene rings is 2. The molecule has 2 aromatic carbocycles. The van der Waals surface area contributed by atoms with Crippen molar-refractivity contribution in [2.75, 3.05) is 13.3 Å². The minimum absolute atomic E-state index is 0.127. The van der Waals surface area contributed by atoms with Crippen LogP contribution in [-0.2, 0) is 30.0 Å². The molecule has 0 unspecified atom stereocenters. The van der Waals surface area contributed by atoms with Crippen molar-refractivity contribution in [3.05, 3.63) is 53.7 Å². The lowest BCUT2D eigenvalue weighted by Gasteiger charge is -2.27. The lowest BCUT2D eigenvalue weighted by Crippen LogP contribution is -2.36. The number of nitrogens with zero attached hydrogens (tertiary/aromatic N) is 2. The highest BCUT2D eigenvalue weighted by Gasteiger charge is 2.32. The van der Waals surface area contributed by atoms with E-state index in [1.807, 2.05) is 19.2 Å². The molecule has 0 atom stereocenters. The summed E-state index contributed by atoms with van der Waals surface area (Å²) in [6, 6.07) is 13.0. The van der Waals surface area contributed by atoms with Crippen LogP contribution in [0.15, 0.2) is 47.4 Å². The minimum Gasteiger partial charge on any atom is -0.454 e. The number of aromatic nitrogens is 1. The van der Waals surface area contributed by atoms with Crippen molar-refractivity contribution in [2.45, 2.75) is 17.9 Å². The zero-order chi connectivity index (χ0) is 17.9. The van der Waals surface area contributed by atoms with Crippen molar-refractivity contribution in [1.29, 1.82) is 0 Å². The maximum atomic E-state index is 13.1. The van der Waals surface area contributed by atoms with Gasteiger partial charge in [-0.3, -0.25) is 0 Å². The first-order valence-corrected chi connectivity index (χ1v) is 9.95. The molecule has 0 amide bonds. The first-order chi connectivity index (χ1) is 12.6. The van der Waals surface area contributed by atoms with Crippen molar-refractivity contribution in [1.82, 2.24) is 8.87 Å². The van der Waals surface area contributed by atoms with E-state index in [0.717, 1.165) is 11.2 Å². The molecule has 7 heteroatoms. The Morgan fingerprint density at radius 1 is 1.04 bits per heavy atom. The van der Waals surface area contributed by atoms with Crippen LogP contribution in [-0.4, -0.2) is 30.6 Å². The Morgan fingerprint density at radius 2 is 1.85 bits per heavy atom. The van der Waals surface area contributed by atoms with Gasteiger partial charge in [-0.1, -0.05) is 18.2 Å². The average molecular weight is 370 g/mol. The molecule has 134 valence electrons. The fourth-order valence-electron chi connectivity index (χ4n) is 3.88. The van der Waals surface area contributed by atoms with Crippen LogP contribution in [0.25, 0.3) is 10.9 Å². The average Bonchev–Trinajstić information content (AvgIpc) is 3.24. The lowest BCUT2D eigenvalue weighted by molar-refractivity contribution is 0.174. The van der Waals surface area contributed by atoms with E-state index in [1.165, 1.54) is 10.9 Å². The lowest BCUT2D eigenvalue weighted by atomic mass is 10.1. The van der Waals surface area contributed by atoms with Gasteiger partial charge in [-0.05, 0) is 30.2 Å². The van der Waals surface area contributed by atoms with Crippen LogP contribution in [0.3, 0.4) is 0 Å². The van der Waals surface area contributed by atoms with E-state index in [9.17, 15) is 8.42 Å². The molecule has 26 heavy (non-hydrogen) atoms. The predicted molar refractivity (Wildman–Crippen MR) is 96.8 cm³/mol. The SMILES string of the molecule is Cn1c2c(c3ccccc31)CCN(S(=O)(=O)c1ccc3c(c1)OCO3)C2. The van der Waals surface area contributed by atoms with Gasteiger partial charge < -0.3 is 14.0 Å². The van der Waals surface area contributed by atoms with Gasteiger partial charge in [-0.15, -0.1) is 0 Å². The number of ether oxygens (including phenoxy) is 2. The van der Waals surface area contributed by atoms with Crippen molar-refractivity contribution in [3.8, 4) is 11.5 Å². The molecule has 3 heterocycles. The Labute approximate surface area is 151 Å². The monoisotopic (exact) mass is 370 g/mol. The number of para-hydroxylation sites is 1. The third-order valence-corrected chi connectivity index (χ3v) is 7.10. The zero-order valence-corrected chi connectivity index (χ0v) is 15.1. The van der Waals surface area contributed by atoms with Gasteiger partial charge in [0.2, 0.25) is 16.8 Å². The van der Waals surface area contributed by atoms with Crippen molar-refractivity contribution >= 4 is 20.9 Å². The molecule has 0 fully saturated rings. The first-order valence-electron chi connectivity index (χ1n) is 8.51. The number of fused-ring (bicyclic) bond motifs is 4. The third kappa shape index (κ3) is 2.17. The summed E-state index contributed by atoms with van der Waals surface area (Å²) in [5, 5.41) is 1.21. The van der Waals surface area contributed by atoms with E-state index in [-0.39, 0.29) is 11.7 Å². The fraction of sp³-hybridized carbons (Fsp3) is 0.263. The summed E-state index contributed by atoms with van der Waals surface area (Å²) in [6.07, 6.45) is 0.709. The van der Waals surface area contributed by atoms with E-state index < -0.39 is 10.0 Å². The summed E-state index contributed by atoms with van der Waals surface area (Å²) >= 11 is 0. The Kier molecular flexibility index (Phi) is 3.32. The summed E-state index contributed by atoms with van der Waals surface area (Å²) in [5.74, 6) is 1.06. The van der Waals surface area contributed by atoms with Crippen molar-refractivity contribution < 1.29 is 17.9 Å². The molecule has 5 rings (SSSR count). The van der Waals surface area contributed by atoms with Gasteiger partial charge in [0.25, 0.3) is 0 Å². The van der Waals surface area contributed by atoms with E-state index in [0.29, 0.717) is 31.0 Å². The number of rotatable bonds is 2. The second kappa shape index (κ2) is 5.49. The highest BCUT2D eigenvalue weighted by Crippen LogP contribution is 2.36. The Morgan fingerprint density at radius 3 is 2.73 bits per heavy atom. The number of aryl methyl sites for hydroxylation is 1. The first kappa shape index (κ1) is 15.7. The summed E-state index contributed by atoms with van der Waals surface area (Å²) < 4.78 is 40.5. The quantitative estimate of drug-likeness (QED) is 0.696. The van der Waals surface area contributed by atoms with Crippen molar-refractivity contribution in [2.24, 2.45) is 7.05 Å². The van der Waals surface area contributed by atoms with Gasteiger partial charge in [0.15, 0.2) is 11.5 Å². The van der Waals surface area contributed by atoms with Gasteiger partial charge in [0.1, 0.15) is 0 Å². The number of hydrogen-bond donors (Lipinski definition) is 0. The molecule has 3 aromatic rings. The van der Waals surface area contributed by atoms with Gasteiger partial charge in [-0.25, -0.2) is 8.42 Å². The Balaban J connectivity index is 1.54. The topological polar surface area (TPSA) is 60.8 Å². The smallest absolute Gasteiger partial charge is 0.243 e. The number of sulfonamides is 1. The fourth-order valence-corrected chi connectivity index (χ4v) is 5.30. The maximum absolute atomic E-state index is 13.1. The zero-order valence-electron chi connectivity index (χ0n) is 14.3. The molecular weight excluding hydrogens is 352 g/mol. The minimum atomic E-state index is -3.60. The molecular formula is C19H18N2O4S. The molecule has 0 N–H and O–H groups in total. The Hall–Kier alpha value is -2.51. The molecule has 0 radical (unpaired) electrons. The van der Waals surface area contributed by atoms with E-state index in [2.05, 4.69) is 16.7 Å². The molecule has 0 saturated heterocycles. The highest BCUT2D eigenvalue weighted by atomic mass is 32.2. The van der Waals surface area contributed by atoms with E-state index >= 15 is 0 Å². The number of hydrogen-bond acceptors (Lipinski definition) is 4. The van der Waals surface area contributed by atoms with E-state index in [1.54, 1.807) is 22.5 Å². The van der Waals surface area contributed by atoms with Gasteiger partial charge in [0, 0.05) is 36.3 Å². The largest absolute Gasteiger partial charge is 0.454 e. The summed E-state index contributed by atoms with van der Waals surface area (Å²) in [7, 11) is -1.60. The van der Waals surface area contributed by atoms with Crippen LogP contribution in [0.5, 0.6) is 11.5 Å². The molecule has 1 aromatic heterocycles. The predicted octanol–water partition coefficient (Wildman–Crippen LogP) is 2.65. The van der Waals surface area contributed by atoms with Crippen LogP contribution in [0, 0.1) is 0 Å². The summed E-state index contributed by atoms with van der Waals surface area (Å²) in [6.45, 7) is 0.969. The molecule has 2 aliphatic rings. The molecule has 0 bridgehead atoms. The molecule has 2 aliphatic heterocycles. The van der Waals surface area contributed by atoms with Gasteiger partial charge in [-0.2, -0.15) is 4.31 Å². The molecule has 0 aliphatic carbocycles. The second-order valence-electron chi connectivity index (χ2n) is 6.61. The van der Waals surface area contributed by atoms with Crippen LogP contribution >= 0.6 is 0 Å². The Bertz CT molecular complexity index is 1130. The molecule has 0 saturated carbocycles.